The SMILES string of the molecule is CCCCCCCCNCCC(C)=O. The smallest absolute Gasteiger partial charge is 0.131 e. The number of Topliss-reactive ketones (excluding diaryl/α,β-unsaturated/α-hetero) is 1. The van der Waals surface area contributed by atoms with Crippen molar-refractivity contribution in [3.05, 3.63) is 0 Å². The molecule has 2 heteroatoms. The van der Waals surface area contributed by atoms with Gasteiger partial charge in [0.25, 0.3) is 0 Å². The molecule has 0 aromatic heterocycles. The van der Waals surface area contributed by atoms with Crippen LogP contribution in [-0.4, -0.2) is 18.9 Å². The summed E-state index contributed by atoms with van der Waals surface area (Å²) in [7, 11) is 0. The first-order valence-corrected chi connectivity index (χ1v) is 5.97. The van der Waals surface area contributed by atoms with Crippen LogP contribution in [0.1, 0.15) is 58.8 Å². The minimum Gasteiger partial charge on any atom is -0.316 e. The van der Waals surface area contributed by atoms with Gasteiger partial charge in [0.05, 0.1) is 0 Å². The van der Waals surface area contributed by atoms with E-state index in [1.165, 1.54) is 38.5 Å². The summed E-state index contributed by atoms with van der Waals surface area (Å²) in [5.74, 6) is 0.278. The lowest BCUT2D eigenvalue weighted by atomic mass is 10.1. The molecule has 84 valence electrons. The fourth-order valence-corrected chi connectivity index (χ4v) is 1.42. The molecule has 2 nitrogen and oxygen atoms in total. The Balaban J connectivity index is 2.88. The number of carbonyl (C=O) groups excluding carboxylic acids is 1. The van der Waals surface area contributed by atoms with Gasteiger partial charge in [0, 0.05) is 13.0 Å². The van der Waals surface area contributed by atoms with E-state index in [0.29, 0.717) is 6.42 Å². The van der Waals surface area contributed by atoms with E-state index in [1.807, 2.05) is 0 Å². The van der Waals surface area contributed by atoms with Gasteiger partial charge in [-0.15, -0.1) is 0 Å². The van der Waals surface area contributed by atoms with E-state index >= 15 is 0 Å². The molecule has 0 radical (unpaired) electrons. The van der Waals surface area contributed by atoms with Crippen molar-refractivity contribution in [3.8, 4) is 0 Å². The molecule has 0 bridgehead atoms. The average molecular weight is 199 g/mol. The van der Waals surface area contributed by atoms with Crippen molar-refractivity contribution in [3.63, 3.8) is 0 Å². The third-order valence-electron chi connectivity index (χ3n) is 2.36. The Morgan fingerprint density at radius 3 is 2.29 bits per heavy atom. The Morgan fingerprint density at radius 1 is 1.00 bits per heavy atom. The molecule has 14 heavy (non-hydrogen) atoms. The molecule has 0 amide bonds. The molecular formula is C12H25NO. The van der Waals surface area contributed by atoms with Crippen LogP contribution in [-0.2, 0) is 4.79 Å². The Bertz CT molecular complexity index is 134. The monoisotopic (exact) mass is 199 g/mol. The van der Waals surface area contributed by atoms with Gasteiger partial charge in [0.2, 0.25) is 0 Å². The molecule has 0 aliphatic heterocycles. The second-order valence-corrected chi connectivity index (χ2v) is 3.97. The number of ketones is 1. The Kier molecular flexibility index (Phi) is 10.4. The van der Waals surface area contributed by atoms with Gasteiger partial charge < -0.3 is 5.32 Å². The fraction of sp³-hybridized carbons (Fsp3) is 0.917. The maximum Gasteiger partial charge on any atom is 0.131 e. The van der Waals surface area contributed by atoms with E-state index in [1.54, 1.807) is 6.92 Å². The second kappa shape index (κ2) is 10.7. The third-order valence-corrected chi connectivity index (χ3v) is 2.36. The van der Waals surface area contributed by atoms with Gasteiger partial charge in [-0.3, -0.25) is 4.79 Å². The zero-order chi connectivity index (χ0) is 10.6. The highest BCUT2D eigenvalue weighted by Gasteiger charge is 1.93. The molecule has 0 saturated heterocycles. The largest absolute Gasteiger partial charge is 0.316 e. The van der Waals surface area contributed by atoms with Crippen molar-refractivity contribution in [1.82, 2.24) is 5.32 Å². The first kappa shape index (κ1) is 13.6. The van der Waals surface area contributed by atoms with Crippen LogP contribution in [0, 0.1) is 0 Å². The topological polar surface area (TPSA) is 29.1 Å². The number of unbranched alkanes of at least 4 members (excludes halogenated alkanes) is 5. The lowest BCUT2D eigenvalue weighted by Gasteiger charge is -2.02. The van der Waals surface area contributed by atoms with Gasteiger partial charge in [0.1, 0.15) is 5.78 Å². The normalized spacial score (nSPS) is 10.4. The molecule has 0 spiro atoms. The zero-order valence-corrected chi connectivity index (χ0v) is 9.77. The minimum atomic E-state index is 0.278. The molecular weight excluding hydrogens is 174 g/mol. The molecule has 0 atom stereocenters. The summed E-state index contributed by atoms with van der Waals surface area (Å²) in [6.45, 7) is 5.81. The standard InChI is InChI=1S/C12H25NO/c1-3-4-5-6-7-8-10-13-11-9-12(2)14/h13H,3-11H2,1-2H3. The molecule has 0 aromatic carbocycles. The summed E-state index contributed by atoms with van der Waals surface area (Å²) in [4.78, 5) is 10.6. The lowest BCUT2D eigenvalue weighted by molar-refractivity contribution is -0.116. The number of rotatable bonds is 10. The van der Waals surface area contributed by atoms with Gasteiger partial charge in [-0.05, 0) is 19.9 Å². The molecule has 0 aliphatic rings. The summed E-state index contributed by atoms with van der Waals surface area (Å²) < 4.78 is 0. The first-order chi connectivity index (χ1) is 6.77. The summed E-state index contributed by atoms with van der Waals surface area (Å²) in [5.41, 5.74) is 0. The minimum absolute atomic E-state index is 0.278. The van der Waals surface area contributed by atoms with Crippen LogP contribution in [0.5, 0.6) is 0 Å². The molecule has 0 aliphatic carbocycles. The van der Waals surface area contributed by atoms with E-state index in [2.05, 4.69) is 12.2 Å². The van der Waals surface area contributed by atoms with Crippen LogP contribution in [0.2, 0.25) is 0 Å². The van der Waals surface area contributed by atoms with E-state index in [0.717, 1.165) is 13.1 Å². The fourth-order valence-electron chi connectivity index (χ4n) is 1.42. The van der Waals surface area contributed by atoms with Gasteiger partial charge >= 0.3 is 0 Å². The third kappa shape index (κ3) is 11.6. The van der Waals surface area contributed by atoms with Crippen molar-refractivity contribution in [2.24, 2.45) is 0 Å². The molecule has 1 N–H and O–H groups in total. The Hall–Kier alpha value is -0.370. The maximum absolute atomic E-state index is 10.6. The van der Waals surface area contributed by atoms with Crippen LogP contribution in [0.4, 0.5) is 0 Å². The summed E-state index contributed by atoms with van der Waals surface area (Å²) in [6.07, 6.45) is 8.69. The maximum atomic E-state index is 10.6. The highest BCUT2D eigenvalue weighted by atomic mass is 16.1. The van der Waals surface area contributed by atoms with Crippen LogP contribution in [0.3, 0.4) is 0 Å². The Morgan fingerprint density at radius 2 is 1.64 bits per heavy atom. The highest BCUT2D eigenvalue weighted by molar-refractivity contribution is 5.75. The molecule has 0 unspecified atom stereocenters. The summed E-state index contributed by atoms with van der Waals surface area (Å²) in [5, 5.41) is 3.29. The van der Waals surface area contributed by atoms with Crippen molar-refractivity contribution in [2.75, 3.05) is 13.1 Å². The van der Waals surface area contributed by atoms with Gasteiger partial charge in [-0.2, -0.15) is 0 Å². The van der Waals surface area contributed by atoms with E-state index < -0.39 is 0 Å². The number of nitrogens with one attached hydrogen (secondary N) is 1. The predicted octanol–water partition coefficient (Wildman–Crippen LogP) is 2.92. The molecule has 0 heterocycles. The van der Waals surface area contributed by atoms with Gasteiger partial charge in [-0.25, -0.2) is 0 Å². The van der Waals surface area contributed by atoms with Crippen molar-refractivity contribution in [2.45, 2.75) is 58.8 Å². The van der Waals surface area contributed by atoms with Gasteiger partial charge in [-0.1, -0.05) is 39.0 Å². The number of hydrogen-bond acceptors (Lipinski definition) is 2. The van der Waals surface area contributed by atoms with Crippen LogP contribution in [0.15, 0.2) is 0 Å². The van der Waals surface area contributed by atoms with E-state index in [9.17, 15) is 4.79 Å². The molecule has 0 aromatic rings. The zero-order valence-electron chi connectivity index (χ0n) is 9.77. The quantitative estimate of drug-likeness (QED) is 0.548. The van der Waals surface area contributed by atoms with E-state index in [4.69, 9.17) is 0 Å². The average Bonchev–Trinajstić information content (AvgIpc) is 2.15. The van der Waals surface area contributed by atoms with Crippen molar-refractivity contribution >= 4 is 5.78 Å². The second-order valence-electron chi connectivity index (χ2n) is 3.97. The van der Waals surface area contributed by atoms with Gasteiger partial charge in [0.15, 0.2) is 0 Å². The summed E-state index contributed by atoms with van der Waals surface area (Å²) in [6, 6.07) is 0. The highest BCUT2D eigenvalue weighted by Crippen LogP contribution is 2.03. The lowest BCUT2D eigenvalue weighted by Crippen LogP contribution is -2.18. The summed E-state index contributed by atoms with van der Waals surface area (Å²) >= 11 is 0. The molecule has 0 rings (SSSR count). The van der Waals surface area contributed by atoms with Crippen molar-refractivity contribution < 1.29 is 4.79 Å². The Labute approximate surface area is 88.5 Å². The first-order valence-electron chi connectivity index (χ1n) is 5.97. The number of carbonyl (C=O) groups is 1. The van der Waals surface area contributed by atoms with Crippen molar-refractivity contribution in [1.29, 1.82) is 0 Å². The molecule has 0 fully saturated rings. The van der Waals surface area contributed by atoms with Crippen LogP contribution in [0.25, 0.3) is 0 Å². The predicted molar refractivity (Wildman–Crippen MR) is 61.5 cm³/mol. The van der Waals surface area contributed by atoms with Crippen LogP contribution < -0.4 is 5.32 Å². The van der Waals surface area contributed by atoms with Crippen LogP contribution >= 0.6 is 0 Å². The number of hydrogen-bond donors (Lipinski definition) is 1. The molecule has 0 saturated carbocycles. The van der Waals surface area contributed by atoms with E-state index in [-0.39, 0.29) is 5.78 Å².